The third-order valence-corrected chi connectivity index (χ3v) is 3.25. The number of ether oxygens (including phenoxy) is 1. The molecule has 0 radical (unpaired) electrons. The number of aliphatic hydroxyl groups excluding tert-OH is 1. The number of methoxy groups -OCH3 is 1. The first-order chi connectivity index (χ1) is 10.3. The summed E-state index contributed by atoms with van der Waals surface area (Å²) in [5.74, 6) is 0.674. The summed E-state index contributed by atoms with van der Waals surface area (Å²) >= 11 is 0. The Morgan fingerprint density at radius 2 is 2.00 bits per heavy atom. The SMILES string of the molecule is COc1ccc(C#N)c(NC(CO)Cc2ccccc2)c1. The summed E-state index contributed by atoms with van der Waals surface area (Å²) in [6, 6.07) is 17.1. The molecule has 2 rings (SSSR count). The van der Waals surface area contributed by atoms with Crippen LogP contribution < -0.4 is 10.1 Å². The summed E-state index contributed by atoms with van der Waals surface area (Å²) in [4.78, 5) is 0. The van der Waals surface area contributed by atoms with E-state index in [1.807, 2.05) is 30.3 Å². The zero-order valence-electron chi connectivity index (χ0n) is 11.9. The van der Waals surface area contributed by atoms with Crippen LogP contribution >= 0.6 is 0 Å². The Balaban J connectivity index is 2.16. The van der Waals surface area contributed by atoms with Gasteiger partial charge in [0, 0.05) is 6.07 Å². The minimum Gasteiger partial charge on any atom is -0.497 e. The first-order valence-electron chi connectivity index (χ1n) is 6.76. The summed E-state index contributed by atoms with van der Waals surface area (Å²) in [6.07, 6.45) is 0.680. The van der Waals surface area contributed by atoms with E-state index in [0.29, 0.717) is 23.4 Å². The quantitative estimate of drug-likeness (QED) is 0.854. The van der Waals surface area contributed by atoms with E-state index in [-0.39, 0.29) is 12.6 Å². The van der Waals surface area contributed by atoms with E-state index in [1.54, 1.807) is 25.3 Å². The van der Waals surface area contributed by atoms with Gasteiger partial charge in [0.1, 0.15) is 11.8 Å². The molecule has 0 fully saturated rings. The van der Waals surface area contributed by atoms with E-state index >= 15 is 0 Å². The highest BCUT2D eigenvalue weighted by Gasteiger charge is 2.12. The molecule has 4 heteroatoms. The maximum absolute atomic E-state index is 9.56. The van der Waals surface area contributed by atoms with Crippen molar-refractivity contribution in [2.24, 2.45) is 0 Å². The number of hydrogen-bond acceptors (Lipinski definition) is 4. The van der Waals surface area contributed by atoms with Gasteiger partial charge in [-0.3, -0.25) is 0 Å². The zero-order chi connectivity index (χ0) is 15.1. The Hall–Kier alpha value is -2.51. The van der Waals surface area contributed by atoms with Crippen LogP contribution in [0.3, 0.4) is 0 Å². The number of nitriles is 1. The third kappa shape index (κ3) is 3.98. The molecule has 1 unspecified atom stereocenters. The summed E-state index contributed by atoms with van der Waals surface area (Å²) in [5.41, 5.74) is 2.33. The van der Waals surface area contributed by atoms with Crippen molar-refractivity contribution in [3.8, 4) is 11.8 Å². The number of nitrogens with one attached hydrogen (secondary N) is 1. The van der Waals surface area contributed by atoms with Crippen molar-refractivity contribution >= 4 is 5.69 Å². The molecular formula is C17H18N2O2. The zero-order valence-corrected chi connectivity index (χ0v) is 11.9. The van der Waals surface area contributed by atoms with Crippen LogP contribution in [-0.2, 0) is 6.42 Å². The van der Waals surface area contributed by atoms with Gasteiger partial charge in [0.25, 0.3) is 0 Å². The van der Waals surface area contributed by atoms with Crippen LogP contribution in [-0.4, -0.2) is 24.9 Å². The molecule has 0 aliphatic heterocycles. The monoisotopic (exact) mass is 282 g/mol. The summed E-state index contributed by atoms with van der Waals surface area (Å²) in [5, 5.41) is 21.9. The minimum atomic E-state index is -0.161. The predicted octanol–water partition coefficient (Wildman–Crippen LogP) is 2.58. The van der Waals surface area contributed by atoms with E-state index in [0.717, 1.165) is 5.56 Å². The van der Waals surface area contributed by atoms with E-state index in [2.05, 4.69) is 11.4 Å². The Morgan fingerprint density at radius 1 is 1.24 bits per heavy atom. The predicted molar refractivity (Wildman–Crippen MR) is 82.4 cm³/mol. The molecule has 0 bridgehead atoms. The molecule has 0 spiro atoms. The van der Waals surface area contributed by atoms with Crippen molar-refractivity contribution in [3.63, 3.8) is 0 Å². The van der Waals surface area contributed by atoms with Gasteiger partial charge in [0.2, 0.25) is 0 Å². The molecular weight excluding hydrogens is 264 g/mol. The molecule has 1 atom stereocenters. The Labute approximate surface area is 124 Å². The second-order valence-corrected chi connectivity index (χ2v) is 4.74. The normalized spacial score (nSPS) is 11.5. The van der Waals surface area contributed by atoms with E-state index in [4.69, 9.17) is 10.00 Å². The molecule has 0 heterocycles. The molecule has 0 aliphatic rings. The van der Waals surface area contributed by atoms with Crippen LogP contribution in [0.15, 0.2) is 48.5 Å². The molecule has 0 aromatic heterocycles. The van der Waals surface area contributed by atoms with E-state index in [9.17, 15) is 5.11 Å². The summed E-state index contributed by atoms with van der Waals surface area (Å²) in [7, 11) is 1.58. The molecule has 0 amide bonds. The number of nitrogens with zero attached hydrogens (tertiary/aromatic N) is 1. The van der Waals surface area contributed by atoms with Gasteiger partial charge in [-0.25, -0.2) is 0 Å². The molecule has 2 aromatic rings. The maximum Gasteiger partial charge on any atom is 0.121 e. The van der Waals surface area contributed by atoms with E-state index in [1.165, 1.54) is 0 Å². The van der Waals surface area contributed by atoms with Crippen molar-refractivity contribution < 1.29 is 9.84 Å². The Morgan fingerprint density at radius 3 is 2.62 bits per heavy atom. The molecule has 2 N–H and O–H groups in total. The molecule has 4 nitrogen and oxygen atoms in total. The van der Waals surface area contributed by atoms with Crippen molar-refractivity contribution in [3.05, 3.63) is 59.7 Å². The second-order valence-electron chi connectivity index (χ2n) is 4.74. The number of benzene rings is 2. The number of rotatable bonds is 6. The fraction of sp³-hybridized carbons (Fsp3) is 0.235. The van der Waals surface area contributed by atoms with Crippen LogP contribution in [0, 0.1) is 11.3 Å². The Kier molecular flexibility index (Phi) is 5.19. The van der Waals surface area contributed by atoms with Gasteiger partial charge in [-0.05, 0) is 24.1 Å². The van der Waals surface area contributed by atoms with Crippen molar-refractivity contribution in [1.29, 1.82) is 5.26 Å². The van der Waals surface area contributed by atoms with Crippen LogP contribution in [0.1, 0.15) is 11.1 Å². The topological polar surface area (TPSA) is 65.3 Å². The van der Waals surface area contributed by atoms with Gasteiger partial charge >= 0.3 is 0 Å². The van der Waals surface area contributed by atoms with Gasteiger partial charge < -0.3 is 15.2 Å². The van der Waals surface area contributed by atoms with Gasteiger partial charge in [-0.2, -0.15) is 5.26 Å². The third-order valence-electron chi connectivity index (χ3n) is 3.25. The minimum absolute atomic E-state index is 0.0169. The molecule has 0 aliphatic carbocycles. The van der Waals surface area contributed by atoms with Gasteiger partial charge in [0.15, 0.2) is 0 Å². The lowest BCUT2D eigenvalue weighted by Crippen LogP contribution is -2.26. The van der Waals surface area contributed by atoms with Gasteiger partial charge in [-0.1, -0.05) is 30.3 Å². The number of hydrogen-bond donors (Lipinski definition) is 2. The fourth-order valence-electron chi connectivity index (χ4n) is 2.15. The summed E-state index contributed by atoms with van der Waals surface area (Å²) in [6.45, 7) is -0.0169. The highest BCUT2D eigenvalue weighted by atomic mass is 16.5. The lowest BCUT2D eigenvalue weighted by molar-refractivity contribution is 0.273. The number of aliphatic hydroxyl groups is 1. The fourth-order valence-corrected chi connectivity index (χ4v) is 2.15. The highest BCUT2D eigenvalue weighted by molar-refractivity contribution is 5.61. The Bertz CT molecular complexity index is 620. The van der Waals surface area contributed by atoms with Crippen LogP contribution in [0.25, 0.3) is 0 Å². The molecule has 108 valence electrons. The smallest absolute Gasteiger partial charge is 0.121 e. The molecule has 2 aromatic carbocycles. The second kappa shape index (κ2) is 7.32. The average Bonchev–Trinajstić information content (AvgIpc) is 2.55. The average molecular weight is 282 g/mol. The van der Waals surface area contributed by atoms with Crippen molar-refractivity contribution in [2.45, 2.75) is 12.5 Å². The van der Waals surface area contributed by atoms with Crippen molar-refractivity contribution in [1.82, 2.24) is 0 Å². The molecule has 21 heavy (non-hydrogen) atoms. The van der Waals surface area contributed by atoms with Crippen molar-refractivity contribution in [2.75, 3.05) is 19.0 Å². The largest absolute Gasteiger partial charge is 0.497 e. The van der Waals surface area contributed by atoms with Crippen LogP contribution in [0.2, 0.25) is 0 Å². The molecule has 0 saturated carbocycles. The highest BCUT2D eigenvalue weighted by Crippen LogP contribution is 2.23. The lowest BCUT2D eigenvalue weighted by Gasteiger charge is -2.19. The van der Waals surface area contributed by atoms with E-state index < -0.39 is 0 Å². The standard InChI is InChI=1S/C17H18N2O2/c1-21-16-8-7-14(11-18)17(10-16)19-15(12-20)9-13-5-3-2-4-6-13/h2-8,10,15,19-20H,9,12H2,1H3. The first kappa shape index (κ1) is 14.9. The summed E-state index contributed by atoms with van der Waals surface area (Å²) < 4.78 is 5.18. The maximum atomic E-state index is 9.56. The van der Waals surface area contributed by atoms with Gasteiger partial charge in [-0.15, -0.1) is 0 Å². The van der Waals surface area contributed by atoms with Gasteiger partial charge in [0.05, 0.1) is 31.0 Å². The van der Waals surface area contributed by atoms with Crippen LogP contribution in [0.4, 0.5) is 5.69 Å². The number of anilines is 1. The first-order valence-corrected chi connectivity index (χ1v) is 6.76. The molecule has 0 saturated heterocycles. The lowest BCUT2D eigenvalue weighted by atomic mass is 10.1. The van der Waals surface area contributed by atoms with Crippen LogP contribution in [0.5, 0.6) is 5.75 Å².